The molecule has 1 aliphatic rings. The van der Waals surface area contributed by atoms with Crippen molar-refractivity contribution >= 4 is 22.7 Å². The standard InChI is InChI=1S/C14H17NS2/c1-10-8-16-9-12(10)7-15-14(11-4-5-11)13-3-2-6-17-13/h2-3,6,8-9,11,14-15H,4-5,7H2,1H3. The smallest absolute Gasteiger partial charge is 0.0446 e. The van der Waals surface area contributed by atoms with Crippen LogP contribution in [0.5, 0.6) is 0 Å². The molecule has 1 unspecified atom stereocenters. The lowest BCUT2D eigenvalue weighted by Gasteiger charge is -2.16. The zero-order valence-electron chi connectivity index (χ0n) is 9.98. The zero-order valence-corrected chi connectivity index (χ0v) is 11.6. The van der Waals surface area contributed by atoms with Crippen LogP contribution in [0.25, 0.3) is 0 Å². The minimum absolute atomic E-state index is 0.578. The Morgan fingerprint density at radius 2 is 2.29 bits per heavy atom. The Bertz CT molecular complexity index is 468. The molecule has 2 aromatic heterocycles. The van der Waals surface area contributed by atoms with Crippen molar-refractivity contribution in [3.05, 3.63) is 44.3 Å². The third-order valence-corrected chi connectivity index (χ3v) is 5.28. The Hall–Kier alpha value is -0.640. The molecular weight excluding hydrogens is 246 g/mol. The molecule has 2 aromatic rings. The van der Waals surface area contributed by atoms with E-state index in [0.29, 0.717) is 6.04 Å². The van der Waals surface area contributed by atoms with E-state index in [-0.39, 0.29) is 0 Å². The van der Waals surface area contributed by atoms with Gasteiger partial charge in [-0.05, 0) is 59.0 Å². The van der Waals surface area contributed by atoms with Crippen molar-refractivity contribution in [1.29, 1.82) is 0 Å². The van der Waals surface area contributed by atoms with Gasteiger partial charge in [-0.15, -0.1) is 11.3 Å². The van der Waals surface area contributed by atoms with Crippen molar-refractivity contribution in [3.63, 3.8) is 0 Å². The minimum Gasteiger partial charge on any atom is -0.305 e. The van der Waals surface area contributed by atoms with Gasteiger partial charge in [-0.3, -0.25) is 0 Å². The van der Waals surface area contributed by atoms with Crippen molar-refractivity contribution in [2.45, 2.75) is 32.4 Å². The van der Waals surface area contributed by atoms with Crippen LogP contribution in [0, 0.1) is 12.8 Å². The fourth-order valence-corrected chi connectivity index (χ4v) is 3.94. The van der Waals surface area contributed by atoms with Gasteiger partial charge in [0.1, 0.15) is 0 Å². The molecule has 1 saturated carbocycles. The summed E-state index contributed by atoms with van der Waals surface area (Å²) in [6, 6.07) is 5.00. The van der Waals surface area contributed by atoms with Crippen LogP contribution in [-0.4, -0.2) is 0 Å². The highest BCUT2D eigenvalue weighted by atomic mass is 32.1. The maximum atomic E-state index is 3.74. The SMILES string of the molecule is Cc1cscc1CNC(c1cccs1)C1CC1. The van der Waals surface area contributed by atoms with Crippen LogP contribution in [-0.2, 0) is 6.54 Å². The molecule has 0 amide bonds. The molecule has 0 radical (unpaired) electrons. The summed E-state index contributed by atoms with van der Waals surface area (Å²) in [5.74, 6) is 0.868. The summed E-state index contributed by atoms with van der Waals surface area (Å²) in [5, 5.41) is 10.4. The number of rotatable bonds is 5. The highest BCUT2D eigenvalue weighted by Crippen LogP contribution is 2.42. The average molecular weight is 263 g/mol. The molecule has 3 heteroatoms. The molecule has 1 nitrogen and oxygen atoms in total. The Labute approximate surface area is 111 Å². The normalized spacial score (nSPS) is 17.2. The first kappa shape index (κ1) is 11.5. The van der Waals surface area contributed by atoms with E-state index >= 15 is 0 Å². The summed E-state index contributed by atoms with van der Waals surface area (Å²) >= 11 is 3.68. The maximum absolute atomic E-state index is 3.74. The Balaban J connectivity index is 1.68. The van der Waals surface area contributed by atoms with Crippen LogP contribution in [0.15, 0.2) is 28.3 Å². The number of nitrogens with one attached hydrogen (secondary N) is 1. The van der Waals surface area contributed by atoms with Crippen molar-refractivity contribution in [2.75, 3.05) is 0 Å². The van der Waals surface area contributed by atoms with Gasteiger partial charge in [0, 0.05) is 17.5 Å². The van der Waals surface area contributed by atoms with Gasteiger partial charge in [0.25, 0.3) is 0 Å². The highest BCUT2D eigenvalue weighted by molar-refractivity contribution is 7.10. The van der Waals surface area contributed by atoms with Gasteiger partial charge in [-0.25, -0.2) is 0 Å². The molecule has 1 fully saturated rings. The van der Waals surface area contributed by atoms with Gasteiger partial charge in [0.15, 0.2) is 0 Å². The van der Waals surface area contributed by atoms with Crippen molar-refractivity contribution in [3.8, 4) is 0 Å². The van der Waals surface area contributed by atoms with E-state index in [1.54, 1.807) is 11.3 Å². The second kappa shape index (κ2) is 4.92. The number of thiophene rings is 2. The first-order chi connectivity index (χ1) is 8.34. The third-order valence-electron chi connectivity index (χ3n) is 3.42. The van der Waals surface area contributed by atoms with Gasteiger partial charge in [0.05, 0.1) is 0 Å². The number of hydrogen-bond donors (Lipinski definition) is 1. The van der Waals surface area contributed by atoms with E-state index in [4.69, 9.17) is 0 Å². The molecule has 0 spiro atoms. The van der Waals surface area contributed by atoms with Crippen LogP contribution < -0.4 is 5.32 Å². The first-order valence-electron chi connectivity index (χ1n) is 6.13. The third kappa shape index (κ3) is 2.62. The fourth-order valence-electron chi connectivity index (χ4n) is 2.19. The average Bonchev–Trinajstić information content (AvgIpc) is 2.86. The van der Waals surface area contributed by atoms with Gasteiger partial charge >= 0.3 is 0 Å². The van der Waals surface area contributed by atoms with Crippen molar-refractivity contribution < 1.29 is 0 Å². The quantitative estimate of drug-likeness (QED) is 0.845. The van der Waals surface area contributed by atoms with Crippen LogP contribution >= 0.6 is 22.7 Å². The molecule has 90 valence electrons. The van der Waals surface area contributed by atoms with E-state index in [2.05, 4.69) is 40.5 Å². The number of aryl methyl sites for hydroxylation is 1. The Morgan fingerprint density at radius 1 is 1.41 bits per heavy atom. The second-order valence-corrected chi connectivity index (χ2v) is 6.51. The first-order valence-corrected chi connectivity index (χ1v) is 7.95. The van der Waals surface area contributed by atoms with Crippen LogP contribution in [0.1, 0.15) is 34.9 Å². The van der Waals surface area contributed by atoms with E-state index < -0.39 is 0 Å². The largest absolute Gasteiger partial charge is 0.305 e. The van der Waals surface area contributed by atoms with Crippen LogP contribution in [0.3, 0.4) is 0 Å². The molecule has 0 aromatic carbocycles. The second-order valence-electron chi connectivity index (χ2n) is 4.79. The maximum Gasteiger partial charge on any atom is 0.0446 e. The predicted molar refractivity (Wildman–Crippen MR) is 75.7 cm³/mol. The Morgan fingerprint density at radius 3 is 2.88 bits per heavy atom. The molecule has 3 rings (SSSR count). The molecule has 1 aliphatic carbocycles. The minimum atomic E-state index is 0.578. The predicted octanol–water partition coefficient (Wildman–Crippen LogP) is 4.36. The summed E-state index contributed by atoms with van der Waals surface area (Å²) < 4.78 is 0. The topological polar surface area (TPSA) is 12.0 Å². The lowest BCUT2D eigenvalue weighted by atomic mass is 10.1. The van der Waals surface area contributed by atoms with Gasteiger partial charge in [-0.1, -0.05) is 6.07 Å². The summed E-state index contributed by atoms with van der Waals surface area (Å²) in [7, 11) is 0. The van der Waals surface area contributed by atoms with Gasteiger partial charge in [0.2, 0.25) is 0 Å². The van der Waals surface area contributed by atoms with E-state index in [1.807, 2.05) is 11.3 Å². The summed E-state index contributed by atoms with van der Waals surface area (Å²) in [6.07, 6.45) is 2.77. The molecule has 17 heavy (non-hydrogen) atoms. The molecule has 1 N–H and O–H groups in total. The monoisotopic (exact) mass is 263 g/mol. The van der Waals surface area contributed by atoms with Crippen LogP contribution in [0.2, 0.25) is 0 Å². The molecule has 0 aliphatic heterocycles. The van der Waals surface area contributed by atoms with E-state index in [9.17, 15) is 0 Å². The lowest BCUT2D eigenvalue weighted by molar-refractivity contribution is 0.487. The van der Waals surface area contributed by atoms with Crippen LogP contribution in [0.4, 0.5) is 0 Å². The fraction of sp³-hybridized carbons (Fsp3) is 0.429. The van der Waals surface area contributed by atoms with Gasteiger partial charge < -0.3 is 5.32 Å². The van der Waals surface area contributed by atoms with Crippen molar-refractivity contribution in [1.82, 2.24) is 5.32 Å². The molecule has 2 heterocycles. The van der Waals surface area contributed by atoms with E-state index in [1.165, 1.54) is 28.8 Å². The number of hydrogen-bond acceptors (Lipinski definition) is 3. The molecule has 1 atom stereocenters. The molecule has 0 saturated heterocycles. The Kier molecular flexibility index (Phi) is 3.32. The summed E-state index contributed by atoms with van der Waals surface area (Å²) in [6.45, 7) is 3.21. The lowest BCUT2D eigenvalue weighted by Crippen LogP contribution is -2.21. The zero-order chi connectivity index (χ0) is 11.7. The van der Waals surface area contributed by atoms with Crippen molar-refractivity contribution in [2.24, 2.45) is 5.92 Å². The molecular formula is C14H17NS2. The highest BCUT2D eigenvalue weighted by Gasteiger charge is 2.32. The molecule has 0 bridgehead atoms. The van der Waals surface area contributed by atoms with Gasteiger partial charge in [-0.2, -0.15) is 11.3 Å². The summed E-state index contributed by atoms with van der Waals surface area (Å²) in [4.78, 5) is 1.50. The van der Waals surface area contributed by atoms with E-state index in [0.717, 1.165) is 12.5 Å². The summed E-state index contributed by atoms with van der Waals surface area (Å²) in [5.41, 5.74) is 2.88.